The topological polar surface area (TPSA) is 63.3 Å². The number of rotatable bonds is 3. The lowest BCUT2D eigenvalue weighted by Crippen LogP contribution is -2.47. The summed E-state index contributed by atoms with van der Waals surface area (Å²) < 4.78 is 0. The molecule has 0 heterocycles. The van der Waals surface area contributed by atoms with Gasteiger partial charge in [-0.3, -0.25) is 4.79 Å². The molecule has 3 nitrogen and oxygen atoms in total. The molecule has 0 aromatic carbocycles. The summed E-state index contributed by atoms with van der Waals surface area (Å²) in [7, 11) is 0. The molecule has 0 aromatic heterocycles. The highest BCUT2D eigenvalue weighted by Gasteiger charge is 2.33. The maximum Gasteiger partial charge on any atom is 0.323 e. The van der Waals surface area contributed by atoms with Crippen molar-refractivity contribution in [1.29, 1.82) is 0 Å². The molecule has 1 unspecified atom stereocenters. The molecule has 0 spiro atoms. The summed E-state index contributed by atoms with van der Waals surface area (Å²) in [5.74, 6) is -0.328. The second-order valence-electron chi connectivity index (χ2n) is 3.72. The molecule has 0 aromatic rings. The maximum atomic E-state index is 10.6. The first-order valence-corrected chi connectivity index (χ1v) is 4.04. The van der Waals surface area contributed by atoms with E-state index < -0.39 is 11.5 Å². The van der Waals surface area contributed by atoms with Crippen molar-refractivity contribution in [3.05, 3.63) is 0 Å². The first-order chi connectivity index (χ1) is 5.02. The zero-order valence-corrected chi connectivity index (χ0v) is 6.84. The van der Waals surface area contributed by atoms with E-state index in [0.717, 1.165) is 12.8 Å². The van der Waals surface area contributed by atoms with Crippen molar-refractivity contribution in [2.75, 3.05) is 0 Å². The fraction of sp³-hybridized carbons (Fsp3) is 0.875. The van der Waals surface area contributed by atoms with Gasteiger partial charge in [-0.05, 0) is 19.3 Å². The Bertz CT molecular complexity index is 161. The van der Waals surface area contributed by atoms with Crippen LogP contribution in [0.25, 0.3) is 0 Å². The molecule has 1 rings (SSSR count). The standard InChI is InChI=1S/C8H15NO2/c1-8(9,7(10)11)5-6-3-2-4-6/h6H,2-5,9H2,1H3,(H,10,11). The number of nitrogens with two attached hydrogens (primary N) is 1. The number of carboxylic acids is 1. The third-order valence-corrected chi connectivity index (χ3v) is 2.43. The molecule has 0 radical (unpaired) electrons. The lowest BCUT2D eigenvalue weighted by Gasteiger charge is -2.31. The van der Waals surface area contributed by atoms with Gasteiger partial charge in [-0.25, -0.2) is 0 Å². The van der Waals surface area contributed by atoms with Gasteiger partial charge < -0.3 is 10.8 Å². The summed E-state index contributed by atoms with van der Waals surface area (Å²) in [5.41, 5.74) is 4.56. The normalized spacial score (nSPS) is 23.8. The highest BCUT2D eigenvalue weighted by molar-refractivity contribution is 5.77. The van der Waals surface area contributed by atoms with Gasteiger partial charge in [0.05, 0.1) is 0 Å². The number of carboxylic acid groups (broad SMARTS) is 1. The first-order valence-electron chi connectivity index (χ1n) is 4.04. The SMILES string of the molecule is CC(N)(CC1CCC1)C(=O)O. The van der Waals surface area contributed by atoms with Crippen molar-refractivity contribution < 1.29 is 9.90 Å². The number of aliphatic carboxylic acids is 1. The minimum atomic E-state index is -1.01. The molecule has 1 saturated carbocycles. The zero-order chi connectivity index (χ0) is 8.48. The number of hydrogen-bond donors (Lipinski definition) is 2. The van der Waals surface area contributed by atoms with Crippen molar-refractivity contribution in [3.63, 3.8) is 0 Å². The second kappa shape index (κ2) is 2.81. The summed E-state index contributed by atoms with van der Waals surface area (Å²) in [6, 6.07) is 0. The molecule has 0 saturated heterocycles. The van der Waals surface area contributed by atoms with Gasteiger partial charge in [0.25, 0.3) is 0 Å². The molecule has 1 fully saturated rings. The summed E-state index contributed by atoms with van der Waals surface area (Å²) in [6.45, 7) is 1.59. The van der Waals surface area contributed by atoms with E-state index in [9.17, 15) is 4.79 Å². The fourth-order valence-electron chi connectivity index (χ4n) is 1.38. The Balaban J connectivity index is 2.38. The quantitative estimate of drug-likeness (QED) is 0.641. The lowest BCUT2D eigenvalue weighted by molar-refractivity contribution is -0.143. The lowest BCUT2D eigenvalue weighted by atomic mass is 9.77. The molecule has 64 valence electrons. The molecule has 0 bridgehead atoms. The highest BCUT2D eigenvalue weighted by atomic mass is 16.4. The van der Waals surface area contributed by atoms with Crippen LogP contribution < -0.4 is 5.73 Å². The average molecular weight is 157 g/mol. The molecule has 0 aliphatic heterocycles. The van der Waals surface area contributed by atoms with E-state index in [1.165, 1.54) is 6.42 Å². The Hall–Kier alpha value is -0.570. The van der Waals surface area contributed by atoms with E-state index in [2.05, 4.69) is 0 Å². The molecule has 1 aliphatic rings. The van der Waals surface area contributed by atoms with Crippen molar-refractivity contribution in [3.8, 4) is 0 Å². The zero-order valence-electron chi connectivity index (χ0n) is 6.84. The maximum absolute atomic E-state index is 10.6. The molecule has 3 heteroatoms. The Morgan fingerprint density at radius 1 is 1.73 bits per heavy atom. The van der Waals surface area contributed by atoms with Gasteiger partial charge in [0, 0.05) is 0 Å². The van der Waals surface area contributed by atoms with Crippen LogP contribution in [-0.2, 0) is 4.79 Å². The van der Waals surface area contributed by atoms with Crippen molar-refractivity contribution in [2.24, 2.45) is 11.7 Å². The van der Waals surface area contributed by atoms with Crippen LogP contribution in [0.5, 0.6) is 0 Å². The Labute approximate surface area is 66.6 Å². The minimum absolute atomic E-state index is 0.557. The van der Waals surface area contributed by atoms with Gasteiger partial charge in [-0.2, -0.15) is 0 Å². The van der Waals surface area contributed by atoms with Crippen LogP contribution in [0.1, 0.15) is 32.6 Å². The summed E-state index contributed by atoms with van der Waals surface area (Å²) in [6.07, 6.45) is 4.17. The van der Waals surface area contributed by atoms with Crippen LogP contribution in [-0.4, -0.2) is 16.6 Å². The van der Waals surface area contributed by atoms with Crippen molar-refractivity contribution >= 4 is 5.97 Å². The van der Waals surface area contributed by atoms with Crippen LogP contribution in [0.2, 0.25) is 0 Å². The smallest absolute Gasteiger partial charge is 0.323 e. The molecular weight excluding hydrogens is 142 g/mol. The third kappa shape index (κ3) is 1.93. The van der Waals surface area contributed by atoms with Crippen molar-refractivity contribution in [2.45, 2.75) is 38.1 Å². The average Bonchev–Trinajstić information content (AvgIpc) is 1.79. The molecule has 0 amide bonds. The van der Waals surface area contributed by atoms with E-state index in [0.29, 0.717) is 12.3 Å². The van der Waals surface area contributed by atoms with Gasteiger partial charge in [0.2, 0.25) is 0 Å². The predicted molar refractivity (Wildman–Crippen MR) is 42.2 cm³/mol. The molecule has 1 aliphatic carbocycles. The van der Waals surface area contributed by atoms with E-state index in [4.69, 9.17) is 10.8 Å². The predicted octanol–water partition coefficient (Wildman–Crippen LogP) is 0.979. The highest BCUT2D eigenvalue weighted by Crippen LogP contribution is 2.32. The van der Waals surface area contributed by atoms with E-state index in [1.807, 2.05) is 0 Å². The van der Waals surface area contributed by atoms with Gasteiger partial charge >= 0.3 is 5.97 Å². The van der Waals surface area contributed by atoms with Crippen LogP contribution in [0.3, 0.4) is 0 Å². The second-order valence-corrected chi connectivity index (χ2v) is 3.72. The molecule has 11 heavy (non-hydrogen) atoms. The summed E-state index contributed by atoms with van der Waals surface area (Å²) >= 11 is 0. The van der Waals surface area contributed by atoms with Crippen LogP contribution in [0.15, 0.2) is 0 Å². The summed E-state index contributed by atoms with van der Waals surface area (Å²) in [5, 5.41) is 8.68. The molecule has 1 atom stereocenters. The number of hydrogen-bond acceptors (Lipinski definition) is 2. The van der Waals surface area contributed by atoms with Gasteiger partial charge in [0.1, 0.15) is 5.54 Å². The van der Waals surface area contributed by atoms with Gasteiger partial charge in [-0.1, -0.05) is 19.3 Å². The molecular formula is C8H15NO2. The van der Waals surface area contributed by atoms with Gasteiger partial charge in [-0.15, -0.1) is 0 Å². The monoisotopic (exact) mass is 157 g/mol. The Morgan fingerprint density at radius 2 is 2.27 bits per heavy atom. The van der Waals surface area contributed by atoms with E-state index in [1.54, 1.807) is 6.92 Å². The Morgan fingerprint density at radius 3 is 2.55 bits per heavy atom. The minimum Gasteiger partial charge on any atom is -0.480 e. The van der Waals surface area contributed by atoms with E-state index >= 15 is 0 Å². The number of carbonyl (C=O) groups is 1. The fourth-order valence-corrected chi connectivity index (χ4v) is 1.38. The van der Waals surface area contributed by atoms with E-state index in [-0.39, 0.29) is 0 Å². The largest absolute Gasteiger partial charge is 0.480 e. The van der Waals surface area contributed by atoms with Crippen molar-refractivity contribution in [1.82, 2.24) is 0 Å². The molecule has 3 N–H and O–H groups in total. The van der Waals surface area contributed by atoms with Crippen LogP contribution in [0.4, 0.5) is 0 Å². The Kier molecular flexibility index (Phi) is 2.18. The first kappa shape index (κ1) is 8.53. The van der Waals surface area contributed by atoms with Gasteiger partial charge in [0.15, 0.2) is 0 Å². The summed E-state index contributed by atoms with van der Waals surface area (Å²) in [4.78, 5) is 10.6. The van der Waals surface area contributed by atoms with Crippen LogP contribution in [0, 0.1) is 5.92 Å². The van der Waals surface area contributed by atoms with Crippen LogP contribution >= 0.6 is 0 Å². The third-order valence-electron chi connectivity index (χ3n) is 2.43.